The van der Waals surface area contributed by atoms with Crippen LogP contribution in [-0.4, -0.2) is 33.3 Å². The first-order chi connectivity index (χ1) is 7.93. The van der Waals surface area contributed by atoms with Gasteiger partial charge < -0.3 is 5.32 Å². The van der Waals surface area contributed by atoms with Crippen LogP contribution in [0.2, 0.25) is 0 Å². The molecule has 2 aromatic rings. The Morgan fingerprint density at radius 3 is 2.88 bits per heavy atom. The molecule has 1 fully saturated rings. The lowest BCUT2D eigenvalue weighted by atomic mass is 10.1. The molecule has 1 atom stereocenters. The Labute approximate surface area is 93.5 Å². The van der Waals surface area contributed by atoms with Gasteiger partial charge in [-0.3, -0.25) is 0 Å². The minimum absolute atomic E-state index is 0.414. The Bertz CT molecular complexity index is 458. The highest BCUT2D eigenvalue weighted by Crippen LogP contribution is 2.17. The van der Waals surface area contributed by atoms with Gasteiger partial charge in [0.15, 0.2) is 5.82 Å². The van der Waals surface area contributed by atoms with Gasteiger partial charge in [-0.25, -0.2) is 0 Å². The second-order valence-electron chi connectivity index (χ2n) is 3.96. The smallest absolute Gasteiger partial charge is 0.179 e. The van der Waals surface area contributed by atoms with Gasteiger partial charge in [0, 0.05) is 12.5 Å². The lowest BCUT2D eigenvalue weighted by molar-refractivity contribution is 0.688. The van der Waals surface area contributed by atoms with E-state index in [-0.39, 0.29) is 0 Å². The zero-order valence-corrected chi connectivity index (χ0v) is 8.87. The molecule has 16 heavy (non-hydrogen) atoms. The van der Waals surface area contributed by atoms with Crippen LogP contribution in [0.5, 0.6) is 0 Å². The van der Waals surface area contributed by atoms with Crippen LogP contribution in [0.15, 0.2) is 30.3 Å². The minimum atomic E-state index is 0.414. The van der Waals surface area contributed by atoms with E-state index in [1.807, 2.05) is 30.3 Å². The number of nitrogens with zero attached hydrogens (tertiary/aromatic N) is 4. The number of tetrazole rings is 1. The van der Waals surface area contributed by atoms with Gasteiger partial charge in [0.05, 0.1) is 5.69 Å². The van der Waals surface area contributed by atoms with Crippen LogP contribution < -0.4 is 5.32 Å². The lowest BCUT2D eigenvalue weighted by Crippen LogP contribution is -2.09. The third kappa shape index (κ3) is 1.69. The number of aromatic nitrogens is 4. The maximum Gasteiger partial charge on any atom is 0.179 e. The topological polar surface area (TPSA) is 55.6 Å². The van der Waals surface area contributed by atoms with Gasteiger partial charge in [-0.05, 0) is 30.3 Å². The molecule has 3 rings (SSSR count). The van der Waals surface area contributed by atoms with Crippen molar-refractivity contribution in [2.75, 3.05) is 13.1 Å². The fraction of sp³-hybridized carbons (Fsp3) is 0.364. The molecule has 0 bridgehead atoms. The normalized spacial score (nSPS) is 20.1. The van der Waals surface area contributed by atoms with Crippen molar-refractivity contribution in [2.45, 2.75) is 12.3 Å². The van der Waals surface area contributed by atoms with E-state index in [0.717, 1.165) is 31.0 Å². The molecule has 82 valence electrons. The summed E-state index contributed by atoms with van der Waals surface area (Å²) >= 11 is 0. The van der Waals surface area contributed by atoms with Crippen molar-refractivity contribution in [3.8, 4) is 5.69 Å². The van der Waals surface area contributed by atoms with Gasteiger partial charge in [0.1, 0.15) is 0 Å². The zero-order valence-electron chi connectivity index (χ0n) is 8.87. The monoisotopic (exact) mass is 215 g/mol. The number of hydrogen-bond acceptors (Lipinski definition) is 4. The highest BCUT2D eigenvalue weighted by Gasteiger charge is 2.21. The first-order valence-corrected chi connectivity index (χ1v) is 5.49. The molecule has 1 saturated heterocycles. The quantitative estimate of drug-likeness (QED) is 0.802. The summed E-state index contributed by atoms with van der Waals surface area (Å²) in [6.45, 7) is 2.00. The van der Waals surface area contributed by atoms with Gasteiger partial charge >= 0.3 is 0 Å². The molecule has 1 aliphatic heterocycles. The van der Waals surface area contributed by atoms with Crippen molar-refractivity contribution in [3.63, 3.8) is 0 Å². The van der Waals surface area contributed by atoms with E-state index in [1.165, 1.54) is 0 Å². The Balaban J connectivity index is 1.87. The molecule has 1 aromatic carbocycles. The molecule has 1 N–H and O–H groups in total. The Hall–Kier alpha value is -1.75. The number of para-hydroxylation sites is 1. The molecular formula is C11H13N5. The van der Waals surface area contributed by atoms with Crippen LogP contribution in [0, 0.1) is 0 Å². The summed E-state index contributed by atoms with van der Waals surface area (Å²) in [5, 5.41) is 15.9. The SMILES string of the molecule is c1ccc(-n2nnc(C3CCNC3)n2)cc1. The Kier molecular flexibility index (Phi) is 2.38. The van der Waals surface area contributed by atoms with Gasteiger partial charge in [-0.2, -0.15) is 0 Å². The maximum absolute atomic E-state index is 4.42. The minimum Gasteiger partial charge on any atom is -0.316 e. The van der Waals surface area contributed by atoms with Crippen molar-refractivity contribution in [2.24, 2.45) is 0 Å². The first kappa shape index (κ1) is 9.47. The van der Waals surface area contributed by atoms with Crippen LogP contribution in [-0.2, 0) is 0 Å². The van der Waals surface area contributed by atoms with E-state index in [9.17, 15) is 0 Å². The standard InChI is InChI=1S/C11H13N5/c1-2-4-10(5-3-1)16-14-11(13-15-16)9-6-7-12-8-9/h1-5,9,12H,6-8H2. The number of hydrogen-bond donors (Lipinski definition) is 1. The molecule has 1 unspecified atom stereocenters. The van der Waals surface area contributed by atoms with Crippen LogP contribution in [0.1, 0.15) is 18.2 Å². The summed E-state index contributed by atoms with van der Waals surface area (Å²) in [6.07, 6.45) is 1.10. The predicted octanol–water partition coefficient (Wildman–Crippen LogP) is 0.739. The third-order valence-electron chi connectivity index (χ3n) is 2.84. The van der Waals surface area contributed by atoms with Crippen molar-refractivity contribution < 1.29 is 0 Å². The summed E-state index contributed by atoms with van der Waals surface area (Å²) < 4.78 is 0. The maximum atomic E-state index is 4.42. The van der Waals surface area contributed by atoms with Gasteiger partial charge in [-0.15, -0.1) is 15.0 Å². The second kappa shape index (κ2) is 4.02. The zero-order chi connectivity index (χ0) is 10.8. The molecule has 0 spiro atoms. The molecule has 0 radical (unpaired) electrons. The predicted molar refractivity (Wildman–Crippen MR) is 59.4 cm³/mol. The molecule has 0 aliphatic carbocycles. The van der Waals surface area contributed by atoms with Crippen LogP contribution >= 0.6 is 0 Å². The molecule has 0 saturated carbocycles. The van der Waals surface area contributed by atoms with Crippen molar-refractivity contribution in [1.29, 1.82) is 0 Å². The van der Waals surface area contributed by atoms with E-state index in [4.69, 9.17) is 0 Å². The van der Waals surface area contributed by atoms with E-state index >= 15 is 0 Å². The van der Waals surface area contributed by atoms with E-state index in [2.05, 4.69) is 20.7 Å². The molecular weight excluding hydrogens is 202 g/mol. The van der Waals surface area contributed by atoms with Crippen LogP contribution in [0.25, 0.3) is 5.69 Å². The summed E-state index contributed by atoms with van der Waals surface area (Å²) in [7, 11) is 0. The molecule has 5 nitrogen and oxygen atoms in total. The average Bonchev–Trinajstić information content (AvgIpc) is 3.01. The molecule has 1 aliphatic rings. The van der Waals surface area contributed by atoms with Crippen molar-refractivity contribution in [1.82, 2.24) is 25.5 Å². The summed E-state index contributed by atoms with van der Waals surface area (Å²) in [6, 6.07) is 9.85. The van der Waals surface area contributed by atoms with Crippen molar-refractivity contribution in [3.05, 3.63) is 36.2 Å². The Morgan fingerprint density at radius 2 is 2.12 bits per heavy atom. The fourth-order valence-corrected chi connectivity index (χ4v) is 1.93. The highest BCUT2D eigenvalue weighted by atomic mass is 15.6. The van der Waals surface area contributed by atoms with Gasteiger partial charge in [0.25, 0.3) is 0 Å². The molecule has 2 heterocycles. The number of rotatable bonds is 2. The highest BCUT2D eigenvalue weighted by molar-refractivity contribution is 5.28. The Morgan fingerprint density at radius 1 is 1.25 bits per heavy atom. The van der Waals surface area contributed by atoms with Crippen molar-refractivity contribution >= 4 is 0 Å². The van der Waals surface area contributed by atoms with Gasteiger partial charge in [0.2, 0.25) is 0 Å². The summed E-state index contributed by atoms with van der Waals surface area (Å²) in [5.74, 6) is 1.26. The van der Waals surface area contributed by atoms with Crippen LogP contribution in [0.3, 0.4) is 0 Å². The van der Waals surface area contributed by atoms with Gasteiger partial charge in [-0.1, -0.05) is 18.2 Å². The van der Waals surface area contributed by atoms with E-state index in [0.29, 0.717) is 5.92 Å². The van der Waals surface area contributed by atoms with Crippen LogP contribution in [0.4, 0.5) is 0 Å². The molecule has 0 amide bonds. The molecule has 1 aromatic heterocycles. The van der Waals surface area contributed by atoms with E-state index < -0.39 is 0 Å². The third-order valence-corrected chi connectivity index (χ3v) is 2.84. The fourth-order valence-electron chi connectivity index (χ4n) is 1.93. The van der Waals surface area contributed by atoms with E-state index in [1.54, 1.807) is 4.80 Å². The molecule has 5 heteroatoms. The first-order valence-electron chi connectivity index (χ1n) is 5.49. The lowest BCUT2D eigenvalue weighted by Gasteiger charge is -2.00. The summed E-state index contributed by atoms with van der Waals surface area (Å²) in [4.78, 5) is 1.59. The summed E-state index contributed by atoms with van der Waals surface area (Å²) in [5.41, 5.74) is 0.951. The average molecular weight is 215 g/mol. The number of benzene rings is 1. The largest absolute Gasteiger partial charge is 0.316 e. The number of nitrogens with one attached hydrogen (secondary N) is 1. The second-order valence-corrected chi connectivity index (χ2v) is 3.96.